The molecule has 9 heteroatoms. The summed E-state index contributed by atoms with van der Waals surface area (Å²) in [5.74, 6) is -1.80. The fourth-order valence-corrected chi connectivity index (χ4v) is 3.29. The van der Waals surface area contributed by atoms with Crippen molar-refractivity contribution in [2.24, 2.45) is 0 Å². The van der Waals surface area contributed by atoms with E-state index in [1.807, 2.05) is 31.2 Å². The number of aryl methyl sites for hydroxylation is 1. The third-order valence-electron chi connectivity index (χ3n) is 5.07. The van der Waals surface area contributed by atoms with Crippen molar-refractivity contribution in [1.82, 2.24) is 10.3 Å². The molecule has 0 aliphatic heterocycles. The second-order valence-electron chi connectivity index (χ2n) is 7.65. The summed E-state index contributed by atoms with van der Waals surface area (Å²) < 4.78 is 5.78. The molecule has 0 saturated carbocycles. The Bertz CT molecular complexity index is 1360. The maximum Gasteiger partial charge on any atom is 0.335 e. The van der Waals surface area contributed by atoms with Crippen molar-refractivity contribution in [1.29, 1.82) is 0 Å². The molecule has 4 aromatic rings. The average molecular weight is 458 g/mol. The van der Waals surface area contributed by atoms with Crippen molar-refractivity contribution in [3.05, 3.63) is 83.4 Å². The van der Waals surface area contributed by atoms with Gasteiger partial charge in [0.05, 0.1) is 18.5 Å². The summed E-state index contributed by atoms with van der Waals surface area (Å²) in [6.45, 7) is 1.77. The Hall–Kier alpha value is -4.66. The van der Waals surface area contributed by atoms with Crippen LogP contribution in [0, 0.1) is 6.92 Å². The van der Waals surface area contributed by atoms with E-state index in [9.17, 15) is 14.4 Å². The first-order valence-corrected chi connectivity index (χ1v) is 10.5. The zero-order valence-electron chi connectivity index (χ0n) is 18.3. The molecule has 34 heavy (non-hydrogen) atoms. The highest BCUT2D eigenvalue weighted by Crippen LogP contribution is 2.24. The van der Waals surface area contributed by atoms with Crippen LogP contribution in [-0.4, -0.2) is 34.4 Å². The van der Waals surface area contributed by atoms with E-state index in [1.54, 1.807) is 18.2 Å². The van der Waals surface area contributed by atoms with Crippen molar-refractivity contribution in [2.45, 2.75) is 13.3 Å². The van der Waals surface area contributed by atoms with Gasteiger partial charge in [0.25, 0.3) is 6.01 Å². The first-order valence-electron chi connectivity index (χ1n) is 10.5. The second-order valence-corrected chi connectivity index (χ2v) is 7.65. The van der Waals surface area contributed by atoms with Crippen LogP contribution in [-0.2, 0) is 16.0 Å². The molecule has 0 aliphatic rings. The number of aromatic nitrogens is 1. The van der Waals surface area contributed by atoms with Crippen LogP contribution in [0.1, 0.15) is 21.5 Å². The summed E-state index contributed by atoms with van der Waals surface area (Å²) >= 11 is 0. The Morgan fingerprint density at radius 3 is 2.47 bits per heavy atom. The molecule has 3 aromatic carbocycles. The Morgan fingerprint density at radius 1 is 0.971 bits per heavy atom. The number of aromatic carboxylic acids is 1. The molecule has 4 N–H and O–H groups in total. The van der Waals surface area contributed by atoms with Gasteiger partial charge in [0.1, 0.15) is 5.52 Å². The monoisotopic (exact) mass is 458 g/mol. The van der Waals surface area contributed by atoms with Gasteiger partial charge < -0.3 is 25.5 Å². The lowest BCUT2D eigenvalue weighted by atomic mass is 10.1. The van der Waals surface area contributed by atoms with E-state index in [2.05, 4.69) is 20.9 Å². The summed E-state index contributed by atoms with van der Waals surface area (Å²) in [7, 11) is 0. The molecular formula is C25H22N4O5. The number of para-hydroxylation sites is 1. The predicted molar refractivity (Wildman–Crippen MR) is 127 cm³/mol. The van der Waals surface area contributed by atoms with Gasteiger partial charge >= 0.3 is 5.97 Å². The topological polar surface area (TPSA) is 134 Å². The third kappa shape index (κ3) is 5.57. The molecule has 172 valence electrons. The number of anilines is 3. The summed E-state index contributed by atoms with van der Waals surface area (Å²) in [4.78, 5) is 39.7. The third-order valence-corrected chi connectivity index (χ3v) is 5.07. The molecule has 1 aromatic heterocycles. The number of nitrogens with zero attached hydrogens (tertiary/aromatic N) is 1. The van der Waals surface area contributed by atoms with Crippen molar-refractivity contribution in [2.75, 3.05) is 17.2 Å². The zero-order chi connectivity index (χ0) is 24.1. The number of hydrogen-bond donors (Lipinski definition) is 4. The van der Waals surface area contributed by atoms with Gasteiger partial charge in [0, 0.05) is 11.4 Å². The van der Waals surface area contributed by atoms with E-state index in [0.717, 1.165) is 11.3 Å². The number of carbonyl (C=O) groups excluding carboxylic acids is 2. The molecule has 0 radical (unpaired) electrons. The Labute approximate surface area is 194 Å². The normalized spacial score (nSPS) is 10.6. The molecule has 0 spiro atoms. The van der Waals surface area contributed by atoms with Gasteiger partial charge in [-0.05, 0) is 60.5 Å². The molecular weight excluding hydrogens is 436 g/mol. The van der Waals surface area contributed by atoms with Gasteiger partial charge in [-0.15, -0.1) is 0 Å². The molecule has 2 amide bonds. The summed E-state index contributed by atoms with van der Waals surface area (Å²) in [6.07, 6.45) is 0.0672. The molecule has 0 atom stereocenters. The van der Waals surface area contributed by atoms with Gasteiger partial charge in [-0.1, -0.05) is 24.3 Å². The van der Waals surface area contributed by atoms with Gasteiger partial charge in [-0.2, -0.15) is 4.98 Å². The molecule has 4 rings (SSSR count). The smallest absolute Gasteiger partial charge is 0.335 e. The lowest BCUT2D eigenvalue weighted by Crippen LogP contribution is -2.33. The van der Waals surface area contributed by atoms with Crippen LogP contribution >= 0.6 is 0 Å². The van der Waals surface area contributed by atoms with Crippen molar-refractivity contribution < 1.29 is 23.9 Å². The number of hydrogen-bond acceptors (Lipinski definition) is 6. The van der Waals surface area contributed by atoms with Crippen LogP contribution < -0.4 is 16.0 Å². The highest BCUT2D eigenvalue weighted by Gasteiger charge is 2.11. The van der Waals surface area contributed by atoms with Crippen molar-refractivity contribution in [3.8, 4) is 0 Å². The zero-order valence-corrected chi connectivity index (χ0v) is 18.3. The van der Waals surface area contributed by atoms with Gasteiger partial charge in [-0.25, -0.2) is 4.79 Å². The van der Waals surface area contributed by atoms with Crippen LogP contribution in [0.3, 0.4) is 0 Å². The number of carboxylic acid groups (broad SMARTS) is 1. The lowest BCUT2D eigenvalue weighted by Gasteiger charge is -2.07. The number of nitrogens with one attached hydrogen (secondary N) is 3. The van der Waals surface area contributed by atoms with E-state index in [4.69, 9.17) is 9.52 Å². The summed E-state index contributed by atoms with van der Waals surface area (Å²) in [5, 5.41) is 17.2. The van der Waals surface area contributed by atoms with Crippen LogP contribution in [0.4, 0.5) is 17.4 Å². The molecule has 0 fully saturated rings. The van der Waals surface area contributed by atoms with Crippen molar-refractivity contribution in [3.63, 3.8) is 0 Å². The second kappa shape index (κ2) is 9.86. The molecule has 0 unspecified atom stereocenters. The first-order chi connectivity index (χ1) is 16.4. The number of rotatable bonds is 8. The minimum Gasteiger partial charge on any atom is -0.478 e. The minimum absolute atomic E-state index is 0.0672. The highest BCUT2D eigenvalue weighted by molar-refractivity contribution is 5.95. The van der Waals surface area contributed by atoms with E-state index in [-0.39, 0.29) is 24.4 Å². The predicted octanol–water partition coefficient (Wildman–Crippen LogP) is 3.88. The Morgan fingerprint density at radius 2 is 1.74 bits per heavy atom. The average Bonchev–Trinajstić information content (AvgIpc) is 3.21. The van der Waals surface area contributed by atoms with Crippen LogP contribution in [0.25, 0.3) is 11.1 Å². The molecule has 0 saturated heterocycles. The fourth-order valence-electron chi connectivity index (χ4n) is 3.29. The number of fused-ring (bicyclic) bond motifs is 1. The molecule has 1 heterocycles. The van der Waals surface area contributed by atoms with Gasteiger partial charge in [-0.3, -0.25) is 9.59 Å². The first kappa shape index (κ1) is 22.5. The maximum atomic E-state index is 12.3. The van der Waals surface area contributed by atoms with E-state index >= 15 is 0 Å². The molecule has 0 aliphatic carbocycles. The van der Waals surface area contributed by atoms with Gasteiger partial charge in [0.15, 0.2) is 5.58 Å². The fraction of sp³-hybridized carbons (Fsp3) is 0.120. The van der Waals surface area contributed by atoms with E-state index < -0.39 is 11.9 Å². The molecule has 9 nitrogen and oxygen atoms in total. The SMILES string of the molecule is Cc1ccccc1Nc1nc2ccc(CC(=O)NCC(=O)Nc3ccc(C(=O)O)cc3)cc2o1. The standard InChI is InChI=1S/C25H22N4O5/c1-15-4-2-3-5-19(15)28-25-29-20-11-6-16(12-21(20)34-25)13-22(30)26-14-23(31)27-18-9-7-17(8-10-18)24(32)33/h2-12H,13-14H2,1H3,(H,26,30)(H,27,31)(H,28,29)(H,32,33). The van der Waals surface area contributed by atoms with E-state index in [1.165, 1.54) is 24.3 Å². The maximum absolute atomic E-state index is 12.3. The van der Waals surface area contributed by atoms with Crippen LogP contribution in [0.2, 0.25) is 0 Å². The van der Waals surface area contributed by atoms with Crippen LogP contribution in [0.15, 0.2) is 71.1 Å². The lowest BCUT2D eigenvalue weighted by molar-refractivity contribution is -0.123. The minimum atomic E-state index is -1.05. The number of carboxylic acids is 1. The number of oxazole rings is 1. The quantitative estimate of drug-likeness (QED) is 0.315. The van der Waals surface area contributed by atoms with E-state index in [0.29, 0.717) is 28.4 Å². The number of benzene rings is 3. The Balaban J connectivity index is 1.31. The van der Waals surface area contributed by atoms with Crippen molar-refractivity contribution >= 4 is 46.3 Å². The highest BCUT2D eigenvalue weighted by atomic mass is 16.4. The number of carbonyl (C=O) groups is 3. The van der Waals surface area contributed by atoms with Gasteiger partial charge in [0.2, 0.25) is 11.8 Å². The largest absolute Gasteiger partial charge is 0.478 e. The number of amides is 2. The Kier molecular flexibility index (Phi) is 6.54. The summed E-state index contributed by atoms with van der Waals surface area (Å²) in [6, 6.07) is 19.2. The molecule has 0 bridgehead atoms. The summed E-state index contributed by atoms with van der Waals surface area (Å²) in [5.41, 5.74) is 4.43. The van der Waals surface area contributed by atoms with Crippen LogP contribution in [0.5, 0.6) is 0 Å².